The molecular formula is C12H18N4O. The predicted molar refractivity (Wildman–Crippen MR) is 67.7 cm³/mol. The number of nitrogens with two attached hydrogens (primary N) is 1. The van der Waals surface area contributed by atoms with Gasteiger partial charge in [0.2, 0.25) is 0 Å². The Bertz CT molecular complexity index is 388. The second kappa shape index (κ2) is 5.52. The number of pyridine rings is 1. The van der Waals surface area contributed by atoms with E-state index in [1.54, 1.807) is 18.3 Å². The number of hydrogen-bond donors (Lipinski definition) is 3. The summed E-state index contributed by atoms with van der Waals surface area (Å²) in [5.74, 6) is 0.485. The number of nitrogens with one attached hydrogen (secondary N) is 2. The van der Waals surface area contributed by atoms with Crippen LogP contribution in [0.25, 0.3) is 0 Å². The standard InChI is InChI=1S/C12H18N4O/c13-9-6-7-14-11(8-9)16-12(17)15-10-4-2-1-3-5-10/h6-8,10H,1-5H2,(H4,13,14,15,16,17). The van der Waals surface area contributed by atoms with Crippen molar-refractivity contribution in [3.63, 3.8) is 0 Å². The fourth-order valence-corrected chi connectivity index (χ4v) is 2.10. The average Bonchev–Trinajstić information content (AvgIpc) is 2.30. The van der Waals surface area contributed by atoms with Crippen LogP contribution in [0.3, 0.4) is 0 Å². The minimum Gasteiger partial charge on any atom is -0.399 e. The fraction of sp³-hybridized carbons (Fsp3) is 0.500. The molecule has 1 aliphatic rings. The molecule has 1 aromatic heterocycles. The number of urea groups is 1. The van der Waals surface area contributed by atoms with E-state index in [0.717, 1.165) is 12.8 Å². The van der Waals surface area contributed by atoms with Crippen LogP contribution in [-0.2, 0) is 0 Å². The van der Waals surface area contributed by atoms with E-state index in [1.807, 2.05) is 0 Å². The van der Waals surface area contributed by atoms with Crippen molar-refractivity contribution in [3.05, 3.63) is 18.3 Å². The lowest BCUT2D eigenvalue weighted by Gasteiger charge is -2.22. The third kappa shape index (κ3) is 3.62. The average molecular weight is 234 g/mol. The summed E-state index contributed by atoms with van der Waals surface area (Å²) >= 11 is 0. The Labute approximate surface area is 101 Å². The molecule has 17 heavy (non-hydrogen) atoms. The summed E-state index contributed by atoms with van der Waals surface area (Å²) in [6.45, 7) is 0. The molecule has 92 valence electrons. The van der Waals surface area contributed by atoms with Crippen molar-refractivity contribution in [2.24, 2.45) is 0 Å². The molecule has 4 N–H and O–H groups in total. The zero-order chi connectivity index (χ0) is 12.1. The van der Waals surface area contributed by atoms with Gasteiger partial charge in [-0.3, -0.25) is 5.32 Å². The summed E-state index contributed by atoms with van der Waals surface area (Å²) < 4.78 is 0. The van der Waals surface area contributed by atoms with Crippen LogP contribution < -0.4 is 16.4 Å². The van der Waals surface area contributed by atoms with E-state index < -0.39 is 0 Å². The van der Waals surface area contributed by atoms with Gasteiger partial charge < -0.3 is 11.1 Å². The molecule has 1 fully saturated rings. The van der Waals surface area contributed by atoms with Crippen molar-refractivity contribution in [2.45, 2.75) is 38.1 Å². The van der Waals surface area contributed by atoms with Gasteiger partial charge in [-0.25, -0.2) is 9.78 Å². The SMILES string of the molecule is Nc1ccnc(NC(=O)NC2CCCCC2)c1. The highest BCUT2D eigenvalue weighted by Crippen LogP contribution is 2.17. The number of carbonyl (C=O) groups excluding carboxylic acids is 1. The smallest absolute Gasteiger partial charge is 0.320 e. The van der Waals surface area contributed by atoms with Crippen LogP contribution >= 0.6 is 0 Å². The normalized spacial score (nSPS) is 16.5. The quantitative estimate of drug-likeness (QED) is 0.733. The minimum absolute atomic E-state index is 0.199. The Balaban J connectivity index is 1.84. The first-order chi connectivity index (χ1) is 8.24. The molecule has 0 bridgehead atoms. The second-order valence-electron chi connectivity index (χ2n) is 4.41. The molecule has 0 spiro atoms. The monoisotopic (exact) mass is 234 g/mol. The van der Waals surface area contributed by atoms with Gasteiger partial charge >= 0.3 is 6.03 Å². The first-order valence-electron chi connectivity index (χ1n) is 6.03. The molecule has 0 aliphatic heterocycles. The Morgan fingerprint density at radius 1 is 1.35 bits per heavy atom. The van der Waals surface area contributed by atoms with E-state index in [9.17, 15) is 4.79 Å². The molecule has 0 saturated heterocycles. The molecule has 5 heteroatoms. The van der Waals surface area contributed by atoms with Crippen molar-refractivity contribution in [1.82, 2.24) is 10.3 Å². The lowest BCUT2D eigenvalue weighted by molar-refractivity contribution is 0.244. The summed E-state index contributed by atoms with van der Waals surface area (Å²) in [5.41, 5.74) is 6.20. The van der Waals surface area contributed by atoms with Crippen molar-refractivity contribution in [3.8, 4) is 0 Å². The topological polar surface area (TPSA) is 80.0 Å². The molecule has 0 unspecified atom stereocenters. The van der Waals surface area contributed by atoms with Crippen LogP contribution in [0.2, 0.25) is 0 Å². The molecule has 1 saturated carbocycles. The highest BCUT2D eigenvalue weighted by molar-refractivity contribution is 5.88. The molecule has 0 radical (unpaired) electrons. The van der Waals surface area contributed by atoms with E-state index in [2.05, 4.69) is 15.6 Å². The van der Waals surface area contributed by atoms with Crippen molar-refractivity contribution in [1.29, 1.82) is 0 Å². The number of anilines is 2. The Hall–Kier alpha value is -1.78. The van der Waals surface area contributed by atoms with Crippen molar-refractivity contribution >= 4 is 17.5 Å². The maximum Gasteiger partial charge on any atom is 0.320 e. The molecule has 2 rings (SSSR count). The highest BCUT2D eigenvalue weighted by Gasteiger charge is 2.15. The number of amides is 2. The van der Waals surface area contributed by atoms with Crippen LogP contribution in [0.15, 0.2) is 18.3 Å². The van der Waals surface area contributed by atoms with Crippen molar-refractivity contribution < 1.29 is 4.79 Å². The minimum atomic E-state index is -0.199. The molecule has 0 atom stereocenters. The maximum absolute atomic E-state index is 11.7. The first-order valence-corrected chi connectivity index (χ1v) is 6.03. The number of rotatable bonds is 2. The van der Waals surface area contributed by atoms with Gasteiger partial charge in [0, 0.05) is 24.0 Å². The van der Waals surface area contributed by atoms with Gasteiger partial charge in [-0.15, -0.1) is 0 Å². The van der Waals surface area contributed by atoms with Gasteiger partial charge in [0.25, 0.3) is 0 Å². The Morgan fingerprint density at radius 3 is 2.82 bits per heavy atom. The fourth-order valence-electron chi connectivity index (χ4n) is 2.10. The molecule has 5 nitrogen and oxygen atoms in total. The van der Waals surface area contributed by atoms with Gasteiger partial charge in [0.15, 0.2) is 0 Å². The predicted octanol–water partition coefficient (Wildman–Crippen LogP) is 2.12. The van der Waals surface area contributed by atoms with E-state index in [4.69, 9.17) is 5.73 Å². The van der Waals surface area contributed by atoms with Gasteiger partial charge in [0.05, 0.1) is 0 Å². The second-order valence-corrected chi connectivity index (χ2v) is 4.41. The van der Waals surface area contributed by atoms with E-state index in [0.29, 0.717) is 17.5 Å². The maximum atomic E-state index is 11.7. The molecule has 2 amide bonds. The number of hydrogen-bond acceptors (Lipinski definition) is 3. The third-order valence-electron chi connectivity index (χ3n) is 2.97. The van der Waals surface area contributed by atoms with E-state index >= 15 is 0 Å². The van der Waals surface area contributed by atoms with Crippen LogP contribution in [-0.4, -0.2) is 17.1 Å². The lowest BCUT2D eigenvalue weighted by atomic mass is 9.96. The Morgan fingerprint density at radius 2 is 2.12 bits per heavy atom. The molecule has 1 aliphatic carbocycles. The molecule has 0 aromatic carbocycles. The van der Waals surface area contributed by atoms with Crippen LogP contribution in [0, 0.1) is 0 Å². The zero-order valence-corrected chi connectivity index (χ0v) is 9.78. The molecule has 1 aromatic rings. The molecule has 1 heterocycles. The number of nitrogen functional groups attached to an aromatic ring is 1. The summed E-state index contributed by atoms with van der Waals surface area (Å²) in [4.78, 5) is 15.7. The zero-order valence-electron chi connectivity index (χ0n) is 9.78. The van der Waals surface area contributed by atoms with E-state index in [-0.39, 0.29) is 6.03 Å². The van der Waals surface area contributed by atoms with Crippen LogP contribution in [0.5, 0.6) is 0 Å². The summed E-state index contributed by atoms with van der Waals surface area (Å²) in [7, 11) is 0. The van der Waals surface area contributed by atoms with Gasteiger partial charge in [0.1, 0.15) is 5.82 Å². The highest BCUT2D eigenvalue weighted by atomic mass is 16.2. The van der Waals surface area contributed by atoms with Gasteiger partial charge in [-0.05, 0) is 18.9 Å². The summed E-state index contributed by atoms with van der Waals surface area (Å²) in [5, 5.41) is 5.64. The van der Waals surface area contributed by atoms with Gasteiger partial charge in [-0.1, -0.05) is 19.3 Å². The van der Waals surface area contributed by atoms with E-state index in [1.165, 1.54) is 19.3 Å². The third-order valence-corrected chi connectivity index (χ3v) is 2.97. The Kier molecular flexibility index (Phi) is 3.80. The van der Waals surface area contributed by atoms with Crippen LogP contribution in [0.1, 0.15) is 32.1 Å². The summed E-state index contributed by atoms with van der Waals surface area (Å²) in [6, 6.07) is 3.42. The lowest BCUT2D eigenvalue weighted by Crippen LogP contribution is -2.39. The number of carbonyl (C=O) groups is 1. The molecular weight excluding hydrogens is 216 g/mol. The number of nitrogens with zero attached hydrogens (tertiary/aromatic N) is 1. The van der Waals surface area contributed by atoms with Crippen molar-refractivity contribution in [2.75, 3.05) is 11.1 Å². The number of aromatic nitrogens is 1. The first kappa shape index (κ1) is 11.7. The van der Waals surface area contributed by atoms with Gasteiger partial charge in [-0.2, -0.15) is 0 Å². The summed E-state index contributed by atoms with van der Waals surface area (Å²) in [6.07, 6.45) is 7.38. The van der Waals surface area contributed by atoms with Crippen LogP contribution in [0.4, 0.5) is 16.3 Å². The largest absolute Gasteiger partial charge is 0.399 e.